The minimum Gasteiger partial charge on any atom is -0.390 e. The molecule has 0 saturated heterocycles. The number of hydrogen-bond acceptors (Lipinski definition) is 5. The summed E-state index contributed by atoms with van der Waals surface area (Å²) in [6, 6.07) is 17.1. The number of aliphatic hydroxyl groups excluding tert-OH is 1. The molecule has 39 heavy (non-hydrogen) atoms. The molecule has 0 aliphatic carbocycles. The Kier molecular flexibility index (Phi) is 11.0. The highest BCUT2D eigenvalue weighted by Gasteiger charge is 2.22. The molecule has 4 N–H and O–H groups in total. The second-order valence-electron chi connectivity index (χ2n) is 9.60. The Morgan fingerprint density at radius 3 is 2.23 bits per heavy atom. The molecule has 10 heteroatoms. The topological polar surface area (TPSA) is 108 Å². The van der Waals surface area contributed by atoms with Crippen molar-refractivity contribution in [3.63, 3.8) is 0 Å². The van der Waals surface area contributed by atoms with E-state index in [-0.39, 0.29) is 25.3 Å². The Balaban J connectivity index is 1.61. The van der Waals surface area contributed by atoms with Crippen LogP contribution in [0, 0.1) is 11.6 Å². The number of aliphatic hydroxyl groups is 1. The third kappa shape index (κ3) is 10.7. The van der Waals surface area contributed by atoms with E-state index in [2.05, 4.69) is 28.3 Å². The van der Waals surface area contributed by atoms with Gasteiger partial charge in [-0.3, -0.25) is 9.52 Å². The summed E-state index contributed by atoms with van der Waals surface area (Å²) < 4.78 is 52.7. The molecule has 0 bridgehead atoms. The van der Waals surface area contributed by atoms with Crippen LogP contribution in [0.5, 0.6) is 0 Å². The van der Waals surface area contributed by atoms with Crippen molar-refractivity contribution in [1.82, 2.24) is 10.6 Å². The monoisotopic (exact) mass is 559 g/mol. The van der Waals surface area contributed by atoms with E-state index in [0.29, 0.717) is 24.2 Å². The van der Waals surface area contributed by atoms with Crippen LogP contribution >= 0.6 is 0 Å². The van der Waals surface area contributed by atoms with Crippen LogP contribution in [-0.2, 0) is 40.6 Å². The summed E-state index contributed by atoms with van der Waals surface area (Å²) in [6.45, 7) is 2.75. The van der Waals surface area contributed by atoms with Crippen LogP contribution in [0.2, 0.25) is 0 Å². The summed E-state index contributed by atoms with van der Waals surface area (Å²) >= 11 is 0. The number of rotatable bonds is 14. The van der Waals surface area contributed by atoms with E-state index in [0.717, 1.165) is 29.9 Å². The first-order valence-electron chi connectivity index (χ1n) is 12.8. The van der Waals surface area contributed by atoms with Gasteiger partial charge in [0.05, 0.1) is 18.4 Å². The van der Waals surface area contributed by atoms with Crippen molar-refractivity contribution in [2.75, 3.05) is 17.5 Å². The summed E-state index contributed by atoms with van der Waals surface area (Å²) in [5.41, 5.74) is 3.83. The minimum atomic E-state index is -3.38. The van der Waals surface area contributed by atoms with Crippen LogP contribution in [0.4, 0.5) is 14.5 Å². The third-order valence-electron chi connectivity index (χ3n) is 6.17. The van der Waals surface area contributed by atoms with Crippen LogP contribution in [0.3, 0.4) is 0 Å². The molecule has 1 amide bonds. The van der Waals surface area contributed by atoms with Crippen molar-refractivity contribution >= 4 is 21.6 Å². The summed E-state index contributed by atoms with van der Waals surface area (Å²) in [6.07, 6.45) is 1.49. The van der Waals surface area contributed by atoms with Crippen LogP contribution in [-0.4, -0.2) is 44.4 Å². The molecular formula is C29H35F2N3O4S. The number of nitrogens with one attached hydrogen (secondary N) is 3. The lowest BCUT2D eigenvalue weighted by atomic mass is 10.00. The quantitative estimate of drug-likeness (QED) is 0.241. The van der Waals surface area contributed by atoms with Crippen LogP contribution < -0.4 is 15.4 Å². The van der Waals surface area contributed by atoms with Crippen LogP contribution in [0.25, 0.3) is 0 Å². The highest BCUT2D eigenvalue weighted by Crippen LogP contribution is 2.14. The number of aryl methyl sites for hydroxylation is 2. The first kappa shape index (κ1) is 30.2. The van der Waals surface area contributed by atoms with E-state index in [1.54, 1.807) is 24.3 Å². The smallest absolute Gasteiger partial charge is 0.229 e. The van der Waals surface area contributed by atoms with E-state index in [1.807, 2.05) is 18.2 Å². The average Bonchev–Trinajstić information content (AvgIpc) is 2.86. The molecule has 3 aromatic carbocycles. The molecule has 0 unspecified atom stereocenters. The number of benzene rings is 3. The molecule has 2 atom stereocenters. The first-order valence-corrected chi connectivity index (χ1v) is 14.7. The molecule has 7 nitrogen and oxygen atoms in total. The largest absolute Gasteiger partial charge is 0.390 e. The Hall–Kier alpha value is -3.34. The summed E-state index contributed by atoms with van der Waals surface area (Å²) in [5, 5.41) is 16.9. The number of carbonyl (C=O) groups is 1. The molecule has 0 aromatic heterocycles. The SMILES string of the molecule is CCc1cccc(CNC[C@@H](O)[C@H](Cc2cc(F)cc(F)c2)NC(=O)CCc2ccc(NS(C)(=O)=O)cc2)c1. The molecule has 0 radical (unpaired) electrons. The molecule has 0 saturated carbocycles. The number of anilines is 1. The molecular weight excluding hydrogens is 524 g/mol. The molecule has 3 aromatic rings. The molecule has 0 heterocycles. The van der Waals surface area contributed by atoms with Crippen LogP contribution in [0.1, 0.15) is 35.6 Å². The van der Waals surface area contributed by atoms with Crippen LogP contribution in [0.15, 0.2) is 66.7 Å². The Bertz CT molecular complexity index is 1330. The number of hydrogen-bond donors (Lipinski definition) is 4. The van der Waals surface area contributed by atoms with Crippen molar-refractivity contribution in [2.45, 2.75) is 51.3 Å². The fourth-order valence-corrected chi connectivity index (χ4v) is 4.79. The molecule has 0 aliphatic heterocycles. The Morgan fingerprint density at radius 2 is 1.59 bits per heavy atom. The summed E-state index contributed by atoms with van der Waals surface area (Å²) in [4.78, 5) is 12.8. The van der Waals surface area contributed by atoms with E-state index in [9.17, 15) is 27.1 Å². The van der Waals surface area contributed by atoms with Gasteiger partial charge in [0.25, 0.3) is 0 Å². The van der Waals surface area contributed by atoms with Gasteiger partial charge in [-0.15, -0.1) is 0 Å². The number of amides is 1. The third-order valence-corrected chi connectivity index (χ3v) is 6.78. The standard InChI is InChI=1S/C29H35F2N3O4S/c1-3-20-5-4-6-22(13-20)18-32-19-28(35)27(16-23-14-24(30)17-25(31)15-23)33-29(36)12-9-21-7-10-26(11-8-21)34-39(2,37)38/h4-8,10-11,13-15,17,27-28,32,34-35H,3,9,12,16,18-19H2,1-2H3,(H,33,36)/t27-,28+/m0/s1. The maximum Gasteiger partial charge on any atom is 0.229 e. The van der Waals surface area contributed by atoms with Gasteiger partial charge in [0.1, 0.15) is 11.6 Å². The molecule has 0 aliphatic rings. The molecule has 0 fully saturated rings. The summed E-state index contributed by atoms with van der Waals surface area (Å²) in [5.74, 6) is -1.79. The van der Waals surface area contributed by atoms with E-state index in [1.165, 1.54) is 17.7 Å². The maximum atomic E-state index is 13.8. The second kappa shape index (κ2) is 14.2. The van der Waals surface area contributed by atoms with Gasteiger partial charge in [-0.1, -0.05) is 43.3 Å². The summed E-state index contributed by atoms with van der Waals surface area (Å²) in [7, 11) is -3.38. The van der Waals surface area contributed by atoms with Gasteiger partial charge >= 0.3 is 0 Å². The lowest BCUT2D eigenvalue weighted by molar-refractivity contribution is -0.122. The maximum absolute atomic E-state index is 13.8. The fourth-order valence-electron chi connectivity index (χ4n) is 4.22. The van der Waals surface area contributed by atoms with Crippen molar-refractivity contribution in [1.29, 1.82) is 0 Å². The zero-order valence-corrected chi connectivity index (χ0v) is 22.9. The molecule has 210 valence electrons. The van der Waals surface area contributed by atoms with Crippen molar-refractivity contribution in [3.8, 4) is 0 Å². The lowest BCUT2D eigenvalue weighted by Crippen LogP contribution is -2.48. The predicted octanol–water partition coefficient (Wildman–Crippen LogP) is 3.71. The van der Waals surface area contributed by atoms with Gasteiger partial charge in [0, 0.05) is 31.3 Å². The first-order chi connectivity index (χ1) is 18.5. The highest BCUT2D eigenvalue weighted by atomic mass is 32.2. The number of carbonyl (C=O) groups excluding carboxylic acids is 1. The van der Waals surface area contributed by atoms with Gasteiger partial charge in [0.15, 0.2) is 0 Å². The fraction of sp³-hybridized carbons (Fsp3) is 0.345. The highest BCUT2D eigenvalue weighted by molar-refractivity contribution is 7.92. The Labute approximate surface area is 228 Å². The van der Waals surface area contributed by atoms with E-state index < -0.39 is 33.8 Å². The number of sulfonamides is 1. The van der Waals surface area contributed by atoms with Gasteiger partial charge < -0.3 is 15.7 Å². The van der Waals surface area contributed by atoms with E-state index in [4.69, 9.17) is 0 Å². The normalized spacial score (nSPS) is 13.1. The molecule has 3 rings (SSSR count). The van der Waals surface area contributed by atoms with Crippen molar-refractivity contribution in [2.24, 2.45) is 0 Å². The molecule has 0 spiro atoms. The zero-order valence-electron chi connectivity index (χ0n) is 22.1. The zero-order chi connectivity index (χ0) is 28.4. The number of halogens is 2. The van der Waals surface area contributed by atoms with Gasteiger partial charge in [-0.05, 0) is 65.8 Å². The Morgan fingerprint density at radius 1 is 0.923 bits per heavy atom. The average molecular weight is 560 g/mol. The van der Waals surface area contributed by atoms with Gasteiger partial charge in [-0.25, -0.2) is 17.2 Å². The van der Waals surface area contributed by atoms with Gasteiger partial charge in [-0.2, -0.15) is 0 Å². The lowest BCUT2D eigenvalue weighted by Gasteiger charge is -2.25. The van der Waals surface area contributed by atoms with Crippen molar-refractivity contribution in [3.05, 3.63) is 101 Å². The van der Waals surface area contributed by atoms with Crippen molar-refractivity contribution < 1.29 is 27.1 Å². The predicted molar refractivity (Wildman–Crippen MR) is 149 cm³/mol. The second-order valence-corrected chi connectivity index (χ2v) is 11.3. The minimum absolute atomic E-state index is 0.0421. The van der Waals surface area contributed by atoms with E-state index >= 15 is 0 Å². The van der Waals surface area contributed by atoms with Gasteiger partial charge in [0.2, 0.25) is 15.9 Å².